The van der Waals surface area contributed by atoms with E-state index in [0.717, 1.165) is 18.2 Å². The van der Waals surface area contributed by atoms with Gasteiger partial charge in [0.2, 0.25) is 5.91 Å². The van der Waals surface area contributed by atoms with E-state index < -0.39 is 17.7 Å². The van der Waals surface area contributed by atoms with Crippen molar-refractivity contribution in [1.82, 2.24) is 4.90 Å². The molecule has 0 radical (unpaired) electrons. The Kier molecular flexibility index (Phi) is 6.75. The lowest BCUT2D eigenvalue weighted by atomic mass is 10.1. The summed E-state index contributed by atoms with van der Waals surface area (Å²) < 4.78 is 32.3. The molecule has 0 N–H and O–H groups in total. The van der Waals surface area contributed by atoms with E-state index in [2.05, 4.69) is 0 Å². The molecule has 3 nitrogen and oxygen atoms in total. The number of ether oxygens (including phenoxy) is 1. The SMILES string of the molecule is CC(C)COCCC(=O)N(C)C(C)c1cc(F)ccc1F. The van der Waals surface area contributed by atoms with Gasteiger partial charge in [-0.25, -0.2) is 8.78 Å². The van der Waals surface area contributed by atoms with Crippen molar-refractivity contribution in [2.45, 2.75) is 33.2 Å². The van der Waals surface area contributed by atoms with Crippen LogP contribution in [0.25, 0.3) is 0 Å². The van der Waals surface area contributed by atoms with Gasteiger partial charge in [0.05, 0.1) is 19.1 Å². The largest absolute Gasteiger partial charge is 0.381 e. The number of carbonyl (C=O) groups is 1. The summed E-state index contributed by atoms with van der Waals surface area (Å²) in [5.74, 6) is -0.771. The number of amides is 1. The second-order valence-electron chi connectivity index (χ2n) is 5.57. The Balaban J connectivity index is 2.58. The van der Waals surface area contributed by atoms with Gasteiger partial charge in [0.1, 0.15) is 11.6 Å². The summed E-state index contributed by atoms with van der Waals surface area (Å²) >= 11 is 0. The summed E-state index contributed by atoms with van der Waals surface area (Å²) in [5.41, 5.74) is 0.175. The van der Waals surface area contributed by atoms with E-state index in [1.165, 1.54) is 4.90 Å². The van der Waals surface area contributed by atoms with E-state index in [1.54, 1.807) is 14.0 Å². The highest BCUT2D eigenvalue weighted by molar-refractivity contribution is 5.76. The third-order valence-electron chi connectivity index (χ3n) is 3.29. The first kappa shape index (κ1) is 17.6. The van der Waals surface area contributed by atoms with Crippen molar-refractivity contribution in [2.75, 3.05) is 20.3 Å². The summed E-state index contributed by atoms with van der Waals surface area (Å²) in [6.07, 6.45) is 0.227. The fourth-order valence-corrected chi connectivity index (χ4v) is 1.91. The van der Waals surface area contributed by atoms with Gasteiger partial charge in [-0.3, -0.25) is 4.79 Å². The molecule has 1 aromatic carbocycles. The Morgan fingerprint density at radius 1 is 1.29 bits per heavy atom. The molecule has 0 aliphatic carbocycles. The van der Waals surface area contributed by atoms with Crippen LogP contribution < -0.4 is 0 Å². The van der Waals surface area contributed by atoms with Gasteiger partial charge in [0, 0.05) is 19.2 Å². The molecule has 0 aliphatic heterocycles. The van der Waals surface area contributed by atoms with Crippen molar-refractivity contribution in [3.63, 3.8) is 0 Å². The van der Waals surface area contributed by atoms with Crippen molar-refractivity contribution in [3.05, 3.63) is 35.4 Å². The van der Waals surface area contributed by atoms with Crippen LogP contribution in [-0.4, -0.2) is 31.1 Å². The van der Waals surface area contributed by atoms with Gasteiger partial charge < -0.3 is 9.64 Å². The third-order valence-corrected chi connectivity index (χ3v) is 3.29. The van der Waals surface area contributed by atoms with Crippen molar-refractivity contribution in [1.29, 1.82) is 0 Å². The van der Waals surface area contributed by atoms with Gasteiger partial charge in [0.15, 0.2) is 0 Å². The minimum atomic E-state index is -0.529. The average Bonchev–Trinajstić information content (AvgIpc) is 2.44. The Hall–Kier alpha value is -1.49. The van der Waals surface area contributed by atoms with Crippen LogP contribution in [-0.2, 0) is 9.53 Å². The molecule has 1 atom stereocenters. The maximum absolute atomic E-state index is 13.7. The highest BCUT2D eigenvalue weighted by Crippen LogP contribution is 2.23. The minimum Gasteiger partial charge on any atom is -0.381 e. The number of nitrogens with zero attached hydrogens (tertiary/aromatic N) is 1. The van der Waals surface area contributed by atoms with Crippen LogP contribution in [0.1, 0.15) is 38.8 Å². The first-order valence-corrected chi connectivity index (χ1v) is 7.11. The molecule has 1 amide bonds. The molecule has 0 heterocycles. The highest BCUT2D eigenvalue weighted by atomic mass is 19.1. The number of benzene rings is 1. The van der Waals surface area contributed by atoms with Crippen molar-refractivity contribution in [3.8, 4) is 0 Å². The molecular formula is C16H23F2NO2. The van der Waals surface area contributed by atoms with Gasteiger partial charge in [-0.15, -0.1) is 0 Å². The van der Waals surface area contributed by atoms with Gasteiger partial charge in [-0.1, -0.05) is 13.8 Å². The van der Waals surface area contributed by atoms with Crippen molar-refractivity contribution < 1.29 is 18.3 Å². The first-order valence-electron chi connectivity index (χ1n) is 7.11. The van der Waals surface area contributed by atoms with E-state index in [1.807, 2.05) is 13.8 Å². The Labute approximate surface area is 124 Å². The summed E-state index contributed by atoms with van der Waals surface area (Å²) in [5, 5.41) is 0. The number of carbonyl (C=O) groups excluding carboxylic acids is 1. The fraction of sp³-hybridized carbons (Fsp3) is 0.562. The minimum absolute atomic E-state index is 0.157. The third kappa shape index (κ3) is 5.42. The molecule has 0 fully saturated rings. The summed E-state index contributed by atoms with van der Waals surface area (Å²) in [4.78, 5) is 13.4. The van der Waals surface area contributed by atoms with Gasteiger partial charge in [-0.05, 0) is 31.0 Å². The number of halogens is 2. The van der Waals surface area contributed by atoms with Crippen LogP contribution in [0.15, 0.2) is 18.2 Å². The lowest BCUT2D eigenvalue weighted by Crippen LogP contribution is -2.31. The van der Waals surface area contributed by atoms with Gasteiger partial charge in [0.25, 0.3) is 0 Å². The van der Waals surface area contributed by atoms with E-state index in [0.29, 0.717) is 19.1 Å². The van der Waals surface area contributed by atoms with Crippen molar-refractivity contribution in [2.24, 2.45) is 5.92 Å². The second-order valence-corrected chi connectivity index (χ2v) is 5.57. The molecular weight excluding hydrogens is 276 g/mol. The summed E-state index contributed by atoms with van der Waals surface area (Å²) in [6.45, 7) is 6.67. The maximum Gasteiger partial charge on any atom is 0.225 e. The predicted octanol–water partition coefficient (Wildman–Crippen LogP) is 3.55. The lowest BCUT2D eigenvalue weighted by Gasteiger charge is -2.26. The zero-order valence-electron chi connectivity index (χ0n) is 13.0. The number of rotatable bonds is 7. The molecule has 0 saturated carbocycles. The van der Waals surface area contributed by atoms with Crippen LogP contribution >= 0.6 is 0 Å². The Morgan fingerprint density at radius 2 is 1.95 bits per heavy atom. The molecule has 5 heteroatoms. The first-order chi connectivity index (χ1) is 9.82. The predicted molar refractivity (Wildman–Crippen MR) is 77.8 cm³/mol. The van der Waals surface area contributed by atoms with E-state index in [-0.39, 0.29) is 17.9 Å². The maximum atomic E-state index is 13.7. The lowest BCUT2D eigenvalue weighted by molar-refractivity contribution is -0.133. The zero-order valence-corrected chi connectivity index (χ0v) is 13.0. The quantitative estimate of drug-likeness (QED) is 0.721. The van der Waals surface area contributed by atoms with E-state index in [4.69, 9.17) is 4.74 Å². The molecule has 0 saturated heterocycles. The Morgan fingerprint density at radius 3 is 2.57 bits per heavy atom. The molecule has 0 spiro atoms. The van der Waals surface area contributed by atoms with Crippen LogP contribution in [0.5, 0.6) is 0 Å². The highest BCUT2D eigenvalue weighted by Gasteiger charge is 2.20. The summed E-state index contributed by atoms with van der Waals surface area (Å²) in [7, 11) is 1.58. The molecule has 1 unspecified atom stereocenters. The monoisotopic (exact) mass is 299 g/mol. The van der Waals surface area contributed by atoms with Crippen LogP contribution in [0, 0.1) is 17.6 Å². The second kappa shape index (κ2) is 8.08. The van der Waals surface area contributed by atoms with Gasteiger partial charge in [-0.2, -0.15) is 0 Å². The smallest absolute Gasteiger partial charge is 0.225 e. The molecule has 0 aromatic heterocycles. The fourth-order valence-electron chi connectivity index (χ4n) is 1.91. The van der Waals surface area contributed by atoms with Crippen LogP contribution in [0.2, 0.25) is 0 Å². The molecule has 1 rings (SSSR count). The van der Waals surface area contributed by atoms with Gasteiger partial charge >= 0.3 is 0 Å². The van der Waals surface area contributed by atoms with Crippen molar-refractivity contribution >= 4 is 5.91 Å². The van der Waals surface area contributed by atoms with E-state index in [9.17, 15) is 13.6 Å². The summed E-state index contributed by atoms with van der Waals surface area (Å²) in [6, 6.07) is 2.73. The molecule has 0 bridgehead atoms. The van der Waals surface area contributed by atoms with Crippen LogP contribution in [0.3, 0.4) is 0 Å². The zero-order chi connectivity index (χ0) is 16.0. The topological polar surface area (TPSA) is 29.5 Å². The van der Waals surface area contributed by atoms with Crippen LogP contribution in [0.4, 0.5) is 8.78 Å². The Bertz CT molecular complexity index is 477. The standard InChI is InChI=1S/C16H23F2NO2/c1-11(2)10-21-8-7-16(20)19(4)12(3)14-9-13(17)5-6-15(14)18/h5-6,9,11-12H,7-8,10H2,1-4H3. The number of hydrogen-bond donors (Lipinski definition) is 0. The molecule has 118 valence electrons. The molecule has 0 aliphatic rings. The van der Waals surface area contributed by atoms with E-state index >= 15 is 0 Å². The normalized spacial score (nSPS) is 12.5. The molecule has 1 aromatic rings. The average molecular weight is 299 g/mol. The molecule has 21 heavy (non-hydrogen) atoms. The number of hydrogen-bond acceptors (Lipinski definition) is 2.